The summed E-state index contributed by atoms with van der Waals surface area (Å²) in [5.74, 6) is 0. The van der Waals surface area contributed by atoms with Crippen LogP contribution in [0.4, 0.5) is 26.3 Å². The molecule has 7 nitrogen and oxygen atoms in total. The van der Waals surface area contributed by atoms with Crippen molar-refractivity contribution >= 4 is 31.4 Å². The molecule has 0 aromatic carbocycles. The third-order valence-corrected chi connectivity index (χ3v) is 6.45. The van der Waals surface area contributed by atoms with Gasteiger partial charge in [-0.3, -0.25) is 0 Å². The number of rotatable bonds is 6. The first-order valence-electron chi connectivity index (χ1n) is 6.82. The van der Waals surface area contributed by atoms with Crippen molar-refractivity contribution < 1.29 is 52.5 Å². The molecule has 0 aliphatic rings. The van der Waals surface area contributed by atoms with Crippen molar-refractivity contribution in [2.45, 2.75) is 37.8 Å². The molecule has 0 radical (unpaired) electrons. The second kappa shape index (κ2) is 9.49. The standard InChI is InChI=1S/C9H16NOS.C2F6NO4S2/c1-4-9-8(2)12-7-10(9)5-6-11-3;3-1(4,5)14(10,11)9-15(12,13)2(6,7)8/h7H,4-6H2,1-3H3;/q+1;-1. The highest BCUT2D eigenvalue weighted by Crippen LogP contribution is 2.36. The Morgan fingerprint density at radius 3 is 1.85 bits per heavy atom. The number of hydrogen-bond acceptors (Lipinski definition) is 6. The molecule has 1 rings (SSSR count). The molecule has 0 bridgehead atoms. The molecular formula is C11H16F6N2O5S3. The molecule has 160 valence electrons. The van der Waals surface area contributed by atoms with Crippen LogP contribution in [-0.2, 0) is 37.7 Å². The van der Waals surface area contributed by atoms with E-state index < -0.39 is 31.1 Å². The van der Waals surface area contributed by atoms with Crippen molar-refractivity contribution in [1.29, 1.82) is 0 Å². The van der Waals surface area contributed by atoms with E-state index >= 15 is 0 Å². The van der Waals surface area contributed by atoms with Gasteiger partial charge in [0.05, 0.1) is 4.88 Å². The molecule has 0 unspecified atom stereocenters. The second-order valence-electron chi connectivity index (χ2n) is 4.68. The Morgan fingerprint density at radius 1 is 1.07 bits per heavy atom. The van der Waals surface area contributed by atoms with Gasteiger partial charge in [0.2, 0.25) is 5.51 Å². The first-order valence-corrected chi connectivity index (χ1v) is 10.6. The summed E-state index contributed by atoms with van der Waals surface area (Å²) in [6.07, 6.45) is 1.11. The minimum Gasteiger partial charge on any atom is -0.421 e. The predicted octanol–water partition coefficient (Wildman–Crippen LogP) is 2.61. The summed E-state index contributed by atoms with van der Waals surface area (Å²) in [6.45, 7) is 6.14. The maximum absolute atomic E-state index is 11.4. The largest absolute Gasteiger partial charge is 0.480 e. The predicted molar refractivity (Wildman–Crippen MR) is 83.8 cm³/mol. The molecule has 1 aromatic heterocycles. The third kappa shape index (κ3) is 7.52. The van der Waals surface area contributed by atoms with E-state index in [9.17, 15) is 43.2 Å². The fourth-order valence-corrected chi connectivity index (χ4v) is 4.14. The monoisotopic (exact) mass is 466 g/mol. The second-order valence-corrected chi connectivity index (χ2v) is 9.16. The first kappa shape index (κ1) is 26.0. The number of aromatic nitrogens is 1. The Labute approximate surface area is 156 Å². The van der Waals surface area contributed by atoms with Gasteiger partial charge in [0.15, 0.2) is 32.3 Å². The number of ether oxygens (including phenoxy) is 1. The van der Waals surface area contributed by atoms with Crippen molar-refractivity contribution in [3.63, 3.8) is 0 Å². The topological polar surface area (TPSA) is 95.5 Å². The molecular weight excluding hydrogens is 450 g/mol. The summed E-state index contributed by atoms with van der Waals surface area (Å²) in [7, 11) is -11.7. The zero-order chi connectivity index (χ0) is 21.7. The van der Waals surface area contributed by atoms with Gasteiger partial charge < -0.3 is 8.86 Å². The third-order valence-electron chi connectivity index (χ3n) is 2.76. The Morgan fingerprint density at radius 2 is 1.52 bits per heavy atom. The molecule has 0 N–H and O–H groups in total. The van der Waals surface area contributed by atoms with Crippen LogP contribution in [0.15, 0.2) is 5.51 Å². The van der Waals surface area contributed by atoms with Gasteiger partial charge in [0.25, 0.3) is 0 Å². The molecule has 0 atom stereocenters. The number of thiazole rings is 1. The fourth-order valence-electron chi connectivity index (χ4n) is 1.52. The minimum atomic E-state index is -6.72. The molecule has 0 saturated carbocycles. The average molecular weight is 466 g/mol. The summed E-state index contributed by atoms with van der Waals surface area (Å²) < 4.78 is 117. The van der Waals surface area contributed by atoms with E-state index in [-0.39, 0.29) is 0 Å². The SMILES string of the molecule is CCc1c(C)sc[n+]1CCOC.O=S(=O)([N-]S(=O)(=O)C(F)(F)F)C(F)(F)F. The van der Waals surface area contributed by atoms with Crippen LogP contribution in [0, 0.1) is 6.92 Å². The van der Waals surface area contributed by atoms with Crippen LogP contribution in [-0.4, -0.2) is 41.6 Å². The van der Waals surface area contributed by atoms with Crippen molar-refractivity contribution in [3.8, 4) is 0 Å². The number of methoxy groups -OCH3 is 1. The van der Waals surface area contributed by atoms with Crippen LogP contribution in [0.2, 0.25) is 0 Å². The van der Waals surface area contributed by atoms with Gasteiger partial charge in [-0.2, -0.15) is 30.9 Å². The van der Waals surface area contributed by atoms with Crippen LogP contribution in [0.1, 0.15) is 17.5 Å². The summed E-state index contributed by atoms with van der Waals surface area (Å²) in [5.41, 5.74) is -8.79. The van der Waals surface area contributed by atoms with Gasteiger partial charge in [-0.25, -0.2) is 16.8 Å². The van der Waals surface area contributed by atoms with Gasteiger partial charge in [-0.1, -0.05) is 18.3 Å². The number of aryl methyl sites for hydroxylation is 1. The quantitative estimate of drug-likeness (QED) is 0.475. The van der Waals surface area contributed by atoms with Crippen LogP contribution in [0.25, 0.3) is 4.13 Å². The van der Waals surface area contributed by atoms with Crippen LogP contribution >= 0.6 is 11.3 Å². The van der Waals surface area contributed by atoms with E-state index in [1.54, 1.807) is 7.11 Å². The molecule has 0 fully saturated rings. The highest BCUT2D eigenvalue weighted by molar-refractivity contribution is 8.13. The maximum Gasteiger partial charge on any atom is 0.480 e. The highest BCUT2D eigenvalue weighted by atomic mass is 32.3. The smallest absolute Gasteiger partial charge is 0.421 e. The van der Waals surface area contributed by atoms with E-state index in [0.29, 0.717) is 0 Å². The molecule has 0 aliphatic heterocycles. The first-order chi connectivity index (χ1) is 12.0. The fraction of sp³-hybridized carbons (Fsp3) is 0.727. The number of alkyl halides is 6. The van der Waals surface area contributed by atoms with Crippen molar-refractivity contribution in [3.05, 3.63) is 20.2 Å². The van der Waals surface area contributed by atoms with Crippen molar-refractivity contribution in [2.24, 2.45) is 0 Å². The Bertz CT molecular complexity index is 773. The van der Waals surface area contributed by atoms with Gasteiger partial charge >= 0.3 is 11.0 Å². The molecule has 0 amide bonds. The zero-order valence-electron chi connectivity index (χ0n) is 14.1. The van der Waals surface area contributed by atoms with Gasteiger partial charge in [0, 0.05) is 13.5 Å². The molecule has 0 saturated heterocycles. The lowest BCUT2D eigenvalue weighted by Crippen LogP contribution is -2.37. The van der Waals surface area contributed by atoms with Crippen LogP contribution < -0.4 is 4.57 Å². The molecule has 0 aliphatic carbocycles. The van der Waals surface area contributed by atoms with Crippen LogP contribution in [0.5, 0.6) is 0 Å². The Hall–Kier alpha value is -0.970. The Kier molecular flexibility index (Phi) is 9.15. The van der Waals surface area contributed by atoms with E-state index in [1.807, 2.05) is 11.3 Å². The lowest BCUT2D eigenvalue weighted by atomic mass is 10.3. The maximum atomic E-state index is 11.4. The van der Waals surface area contributed by atoms with Gasteiger partial charge in [0.1, 0.15) is 6.61 Å². The summed E-state index contributed by atoms with van der Waals surface area (Å²) >= 11 is 1.81. The zero-order valence-corrected chi connectivity index (χ0v) is 16.6. The van der Waals surface area contributed by atoms with E-state index in [0.717, 1.165) is 23.7 Å². The summed E-state index contributed by atoms with van der Waals surface area (Å²) in [6, 6.07) is 0. The normalized spacial score (nSPS) is 13.2. The van der Waals surface area contributed by atoms with E-state index in [2.05, 4.69) is 23.9 Å². The van der Waals surface area contributed by atoms with E-state index in [1.165, 1.54) is 10.6 Å². The van der Waals surface area contributed by atoms with Gasteiger partial charge in [-0.05, 0) is 6.92 Å². The lowest BCUT2D eigenvalue weighted by Gasteiger charge is -2.22. The summed E-state index contributed by atoms with van der Waals surface area (Å²) in [4.78, 5) is 1.42. The van der Waals surface area contributed by atoms with E-state index in [4.69, 9.17) is 4.74 Å². The number of halogens is 6. The number of nitrogens with zero attached hydrogens (tertiary/aromatic N) is 2. The highest BCUT2D eigenvalue weighted by Gasteiger charge is 2.46. The van der Waals surface area contributed by atoms with Crippen LogP contribution in [0.3, 0.4) is 0 Å². The number of sulfonamides is 2. The molecule has 27 heavy (non-hydrogen) atoms. The average Bonchev–Trinajstić information content (AvgIpc) is 2.82. The molecule has 1 heterocycles. The Balaban J connectivity index is 0.000000511. The minimum absolute atomic E-state index is 0.778. The molecule has 1 aromatic rings. The van der Waals surface area contributed by atoms with Gasteiger partial charge in [-0.15, -0.1) is 0 Å². The van der Waals surface area contributed by atoms with Crippen molar-refractivity contribution in [2.75, 3.05) is 13.7 Å². The molecule has 0 spiro atoms. The lowest BCUT2D eigenvalue weighted by molar-refractivity contribution is -0.700. The summed E-state index contributed by atoms with van der Waals surface area (Å²) in [5, 5.41) is 0. The number of hydrogen-bond donors (Lipinski definition) is 0. The molecule has 16 heteroatoms. The van der Waals surface area contributed by atoms with Crippen molar-refractivity contribution in [1.82, 2.24) is 0 Å².